The molecule has 0 aliphatic heterocycles. The molecular formula is C14H14ClFN2O2S. The fourth-order valence-electron chi connectivity index (χ4n) is 1.78. The number of rotatable bonds is 4. The van der Waals surface area contributed by atoms with Crippen molar-refractivity contribution in [3.05, 3.63) is 58.4 Å². The van der Waals surface area contributed by atoms with Crippen molar-refractivity contribution in [2.75, 3.05) is 4.72 Å². The Morgan fingerprint density at radius 1 is 1.29 bits per heavy atom. The second kappa shape index (κ2) is 6.01. The number of nitrogens with two attached hydrogens (primary N) is 1. The summed E-state index contributed by atoms with van der Waals surface area (Å²) < 4.78 is 40.4. The molecule has 0 saturated heterocycles. The molecule has 0 aliphatic carbocycles. The minimum Gasteiger partial charge on any atom is -0.326 e. The average molecular weight is 329 g/mol. The Labute approximate surface area is 127 Å². The molecule has 0 aliphatic rings. The van der Waals surface area contributed by atoms with Gasteiger partial charge in [-0.3, -0.25) is 4.72 Å². The van der Waals surface area contributed by atoms with Crippen molar-refractivity contribution in [2.24, 2.45) is 5.73 Å². The van der Waals surface area contributed by atoms with Crippen LogP contribution in [-0.2, 0) is 16.6 Å². The zero-order valence-corrected chi connectivity index (χ0v) is 12.8. The first-order valence-electron chi connectivity index (χ1n) is 6.11. The van der Waals surface area contributed by atoms with Gasteiger partial charge in [0, 0.05) is 17.1 Å². The zero-order chi connectivity index (χ0) is 15.6. The molecule has 3 N–H and O–H groups in total. The predicted octanol–water partition coefficient (Wildman–Crippen LogP) is 3.05. The molecule has 7 heteroatoms. The maximum Gasteiger partial charge on any atom is 0.261 e. The van der Waals surface area contributed by atoms with E-state index < -0.39 is 15.8 Å². The van der Waals surface area contributed by atoms with E-state index in [-0.39, 0.29) is 27.7 Å². The summed E-state index contributed by atoms with van der Waals surface area (Å²) in [5.41, 5.74) is 6.55. The summed E-state index contributed by atoms with van der Waals surface area (Å²) >= 11 is 5.96. The van der Waals surface area contributed by atoms with E-state index >= 15 is 0 Å². The fourth-order valence-corrected chi connectivity index (χ4v) is 3.25. The molecule has 0 spiro atoms. The Balaban J connectivity index is 2.39. The van der Waals surface area contributed by atoms with E-state index in [1.54, 1.807) is 6.07 Å². The minimum atomic E-state index is -3.84. The standard InChI is InChI=1S/C14H14ClFN2O2S/c1-9-13(16)3-2-4-14(9)18-21(19,20)11-6-5-10(8-17)12(15)7-11/h2-7,18H,8,17H2,1H3. The summed E-state index contributed by atoms with van der Waals surface area (Å²) in [6.45, 7) is 1.72. The van der Waals surface area contributed by atoms with Crippen LogP contribution < -0.4 is 10.5 Å². The molecule has 0 bridgehead atoms. The molecule has 2 aromatic rings. The summed E-state index contributed by atoms with van der Waals surface area (Å²) in [5.74, 6) is -0.480. The molecular weight excluding hydrogens is 315 g/mol. The molecule has 0 radical (unpaired) electrons. The molecule has 2 aromatic carbocycles. The summed E-state index contributed by atoms with van der Waals surface area (Å²) in [6.07, 6.45) is 0. The summed E-state index contributed by atoms with van der Waals surface area (Å²) in [7, 11) is -3.84. The van der Waals surface area contributed by atoms with E-state index in [0.717, 1.165) is 0 Å². The van der Waals surface area contributed by atoms with Gasteiger partial charge in [-0.1, -0.05) is 23.7 Å². The molecule has 0 heterocycles. The second-order valence-corrected chi connectivity index (χ2v) is 6.56. The van der Waals surface area contributed by atoms with E-state index in [9.17, 15) is 12.8 Å². The maximum absolute atomic E-state index is 13.4. The topological polar surface area (TPSA) is 72.2 Å². The van der Waals surface area contributed by atoms with Gasteiger partial charge in [-0.05, 0) is 36.8 Å². The molecule has 0 aromatic heterocycles. The summed E-state index contributed by atoms with van der Waals surface area (Å²) in [4.78, 5) is -0.00615. The minimum absolute atomic E-state index is 0.00615. The van der Waals surface area contributed by atoms with E-state index in [0.29, 0.717) is 5.56 Å². The van der Waals surface area contributed by atoms with Crippen LogP contribution >= 0.6 is 11.6 Å². The second-order valence-electron chi connectivity index (χ2n) is 4.48. The molecule has 0 saturated carbocycles. The molecule has 21 heavy (non-hydrogen) atoms. The van der Waals surface area contributed by atoms with Crippen LogP contribution in [0.15, 0.2) is 41.3 Å². The average Bonchev–Trinajstić information content (AvgIpc) is 2.43. The zero-order valence-electron chi connectivity index (χ0n) is 11.2. The van der Waals surface area contributed by atoms with Crippen molar-refractivity contribution >= 4 is 27.3 Å². The number of benzene rings is 2. The monoisotopic (exact) mass is 328 g/mol. The molecule has 0 amide bonds. The van der Waals surface area contributed by atoms with Gasteiger partial charge >= 0.3 is 0 Å². The highest BCUT2D eigenvalue weighted by atomic mass is 35.5. The Kier molecular flexibility index (Phi) is 4.51. The van der Waals surface area contributed by atoms with E-state index in [4.69, 9.17) is 17.3 Å². The third kappa shape index (κ3) is 3.34. The first-order chi connectivity index (χ1) is 9.85. The number of hydrogen-bond acceptors (Lipinski definition) is 3. The number of anilines is 1. The van der Waals surface area contributed by atoms with Crippen molar-refractivity contribution < 1.29 is 12.8 Å². The summed E-state index contributed by atoms with van der Waals surface area (Å²) in [5, 5.41) is 0.274. The SMILES string of the molecule is Cc1c(F)cccc1NS(=O)(=O)c1ccc(CN)c(Cl)c1. The molecule has 0 atom stereocenters. The highest BCUT2D eigenvalue weighted by Gasteiger charge is 2.17. The van der Waals surface area contributed by atoms with Gasteiger partial charge in [0.15, 0.2) is 0 Å². The maximum atomic E-state index is 13.4. The van der Waals surface area contributed by atoms with Crippen molar-refractivity contribution in [1.82, 2.24) is 0 Å². The number of sulfonamides is 1. The Bertz CT molecular complexity index is 779. The third-order valence-corrected chi connectivity index (χ3v) is 4.78. The van der Waals surface area contributed by atoms with Crippen molar-refractivity contribution in [3.63, 3.8) is 0 Å². The normalized spacial score (nSPS) is 11.4. The van der Waals surface area contributed by atoms with E-state index in [1.165, 1.54) is 37.3 Å². The van der Waals surface area contributed by atoms with Gasteiger partial charge < -0.3 is 5.73 Å². The van der Waals surface area contributed by atoms with Crippen LogP contribution in [0.3, 0.4) is 0 Å². The van der Waals surface area contributed by atoms with Gasteiger partial charge in [0.05, 0.1) is 10.6 Å². The highest BCUT2D eigenvalue weighted by molar-refractivity contribution is 7.92. The Morgan fingerprint density at radius 3 is 2.62 bits per heavy atom. The number of hydrogen-bond donors (Lipinski definition) is 2. The van der Waals surface area contributed by atoms with Crippen LogP contribution in [0, 0.1) is 12.7 Å². The van der Waals surface area contributed by atoms with Crippen LogP contribution in [-0.4, -0.2) is 8.42 Å². The third-order valence-electron chi connectivity index (χ3n) is 3.07. The van der Waals surface area contributed by atoms with E-state index in [2.05, 4.69) is 4.72 Å². The van der Waals surface area contributed by atoms with Gasteiger partial charge in [-0.25, -0.2) is 12.8 Å². The smallest absolute Gasteiger partial charge is 0.261 e. The van der Waals surface area contributed by atoms with Crippen LogP contribution in [0.2, 0.25) is 5.02 Å². The van der Waals surface area contributed by atoms with Crippen molar-refractivity contribution in [2.45, 2.75) is 18.4 Å². The van der Waals surface area contributed by atoms with Crippen molar-refractivity contribution in [3.8, 4) is 0 Å². The van der Waals surface area contributed by atoms with Crippen LogP contribution in [0.25, 0.3) is 0 Å². The molecule has 2 rings (SSSR count). The lowest BCUT2D eigenvalue weighted by atomic mass is 10.2. The summed E-state index contributed by atoms with van der Waals surface area (Å²) in [6, 6.07) is 8.47. The Hall–Kier alpha value is -1.63. The van der Waals surface area contributed by atoms with Gasteiger partial charge in [-0.15, -0.1) is 0 Å². The van der Waals surface area contributed by atoms with Gasteiger partial charge in [0.25, 0.3) is 10.0 Å². The largest absolute Gasteiger partial charge is 0.326 e. The molecule has 0 unspecified atom stereocenters. The quantitative estimate of drug-likeness (QED) is 0.906. The van der Waals surface area contributed by atoms with E-state index in [1.807, 2.05) is 0 Å². The van der Waals surface area contributed by atoms with Crippen LogP contribution in [0.5, 0.6) is 0 Å². The lowest BCUT2D eigenvalue weighted by Gasteiger charge is -2.12. The first-order valence-corrected chi connectivity index (χ1v) is 7.97. The first kappa shape index (κ1) is 15.8. The highest BCUT2D eigenvalue weighted by Crippen LogP contribution is 2.24. The Morgan fingerprint density at radius 2 is 2.00 bits per heavy atom. The lowest BCUT2D eigenvalue weighted by molar-refractivity contribution is 0.600. The lowest BCUT2D eigenvalue weighted by Crippen LogP contribution is -2.14. The number of nitrogens with one attached hydrogen (secondary N) is 1. The van der Waals surface area contributed by atoms with Gasteiger partial charge in [0.2, 0.25) is 0 Å². The van der Waals surface area contributed by atoms with Crippen LogP contribution in [0.4, 0.5) is 10.1 Å². The molecule has 0 fully saturated rings. The van der Waals surface area contributed by atoms with Gasteiger partial charge in [0.1, 0.15) is 5.82 Å². The molecule has 4 nitrogen and oxygen atoms in total. The van der Waals surface area contributed by atoms with Crippen molar-refractivity contribution in [1.29, 1.82) is 0 Å². The molecule has 112 valence electrons. The predicted molar refractivity (Wildman–Crippen MR) is 81.3 cm³/mol. The van der Waals surface area contributed by atoms with Crippen LogP contribution in [0.1, 0.15) is 11.1 Å². The number of halogens is 2. The fraction of sp³-hybridized carbons (Fsp3) is 0.143. The van der Waals surface area contributed by atoms with Gasteiger partial charge in [-0.2, -0.15) is 0 Å².